The molecule has 3 N–H and O–H groups in total. The minimum Gasteiger partial charge on any atom is -0.379 e. The molecule has 1 amide bonds. The summed E-state index contributed by atoms with van der Waals surface area (Å²) >= 11 is 3.39. The summed E-state index contributed by atoms with van der Waals surface area (Å²) in [5.74, 6) is -0.253. The van der Waals surface area contributed by atoms with Crippen LogP contribution in [0.15, 0.2) is 28.7 Å². The van der Waals surface area contributed by atoms with E-state index in [-0.39, 0.29) is 17.9 Å². The Bertz CT molecular complexity index is 411. The lowest BCUT2D eigenvalue weighted by molar-refractivity contribution is -0.125. The second kappa shape index (κ2) is 5.62. The minimum absolute atomic E-state index is 0.0324. The predicted octanol–water partition coefficient (Wildman–Crippen LogP) is 1.04. The predicted molar refractivity (Wildman–Crippen MR) is 68.3 cm³/mol. The first kappa shape index (κ1) is 12.5. The highest BCUT2D eigenvalue weighted by molar-refractivity contribution is 9.10. The Morgan fingerprint density at radius 1 is 1.53 bits per heavy atom. The number of rotatable bonds is 3. The van der Waals surface area contributed by atoms with Crippen LogP contribution in [0.2, 0.25) is 0 Å². The molecule has 2 unspecified atom stereocenters. The van der Waals surface area contributed by atoms with Crippen molar-refractivity contribution in [3.05, 3.63) is 34.3 Å². The molecule has 5 heteroatoms. The van der Waals surface area contributed by atoms with E-state index < -0.39 is 0 Å². The molecule has 0 aromatic heterocycles. The Morgan fingerprint density at radius 3 is 3.00 bits per heavy atom. The molecule has 1 aromatic carbocycles. The van der Waals surface area contributed by atoms with Crippen molar-refractivity contribution >= 4 is 21.8 Å². The maximum Gasteiger partial charge on any atom is 0.227 e. The van der Waals surface area contributed by atoms with Gasteiger partial charge in [-0.15, -0.1) is 0 Å². The van der Waals surface area contributed by atoms with Crippen LogP contribution >= 0.6 is 15.9 Å². The van der Waals surface area contributed by atoms with Crippen molar-refractivity contribution in [2.24, 2.45) is 11.7 Å². The molecule has 0 radical (unpaired) electrons. The molecule has 1 aromatic rings. The minimum atomic E-state index is -0.220. The zero-order valence-corrected chi connectivity index (χ0v) is 10.9. The average Bonchev–Trinajstić information content (AvgIpc) is 2.72. The van der Waals surface area contributed by atoms with Gasteiger partial charge in [0.1, 0.15) is 0 Å². The molecule has 2 rings (SSSR count). The van der Waals surface area contributed by atoms with E-state index in [1.165, 1.54) is 0 Å². The molecule has 1 heterocycles. The number of nitrogens with one attached hydrogen (secondary N) is 1. The quantitative estimate of drug-likeness (QED) is 0.876. The van der Waals surface area contributed by atoms with Crippen LogP contribution in [0, 0.1) is 5.92 Å². The smallest absolute Gasteiger partial charge is 0.227 e. The third-order valence-corrected chi connectivity index (χ3v) is 3.31. The lowest BCUT2D eigenvalue weighted by Gasteiger charge is -2.13. The number of carbonyl (C=O) groups is 1. The number of benzene rings is 1. The van der Waals surface area contributed by atoms with Crippen LogP contribution in [0.25, 0.3) is 0 Å². The molecule has 1 aliphatic rings. The largest absolute Gasteiger partial charge is 0.379 e. The van der Waals surface area contributed by atoms with Gasteiger partial charge in [0, 0.05) is 17.1 Å². The topological polar surface area (TPSA) is 64.3 Å². The van der Waals surface area contributed by atoms with Gasteiger partial charge < -0.3 is 15.8 Å². The first-order chi connectivity index (χ1) is 8.16. The summed E-state index contributed by atoms with van der Waals surface area (Å²) in [4.78, 5) is 11.8. The molecule has 2 atom stereocenters. The van der Waals surface area contributed by atoms with Crippen molar-refractivity contribution in [2.45, 2.75) is 12.6 Å². The van der Waals surface area contributed by atoms with Gasteiger partial charge in [0.05, 0.1) is 19.1 Å². The second-order valence-electron chi connectivity index (χ2n) is 4.16. The zero-order chi connectivity index (χ0) is 12.3. The number of hydrogen-bond donors (Lipinski definition) is 2. The van der Waals surface area contributed by atoms with Gasteiger partial charge in [-0.25, -0.2) is 0 Å². The molecular formula is C12H15BrN2O2. The van der Waals surface area contributed by atoms with E-state index >= 15 is 0 Å². The number of nitrogens with two attached hydrogens (primary N) is 1. The SMILES string of the molecule is NC1COCC1C(=O)NCc1cccc(Br)c1. The molecule has 0 spiro atoms. The first-order valence-corrected chi connectivity index (χ1v) is 6.31. The summed E-state index contributed by atoms with van der Waals surface area (Å²) < 4.78 is 6.17. The highest BCUT2D eigenvalue weighted by atomic mass is 79.9. The summed E-state index contributed by atoms with van der Waals surface area (Å²) in [6, 6.07) is 7.65. The molecule has 0 bridgehead atoms. The Labute approximate surface area is 109 Å². The Balaban J connectivity index is 1.88. The number of ether oxygens (including phenoxy) is 1. The lowest BCUT2D eigenvalue weighted by atomic mass is 10.0. The summed E-state index contributed by atoms with van der Waals surface area (Å²) in [6.45, 7) is 1.40. The monoisotopic (exact) mass is 298 g/mol. The van der Waals surface area contributed by atoms with Crippen LogP contribution in [-0.4, -0.2) is 25.2 Å². The van der Waals surface area contributed by atoms with E-state index in [0.29, 0.717) is 19.8 Å². The fourth-order valence-electron chi connectivity index (χ4n) is 1.81. The van der Waals surface area contributed by atoms with Crippen molar-refractivity contribution in [1.82, 2.24) is 5.32 Å². The van der Waals surface area contributed by atoms with Gasteiger partial charge in [0.15, 0.2) is 0 Å². The van der Waals surface area contributed by atoms with Crippen molar-refractivity contribution in [3.63, 3.8) is 0 Å². The molecular weight excluding hydrogens is 284 g/mol. The standard InChI is InChI=1S/C12H15BrN2O2/c13-9-3-1-2-8(4-9)5-15-12(16)10-6-17-7-11(10)14/h1-4,10-11H,5-7,14H2,(H,15,16). The molecule has 0 aliphatic carbocycles. The Kier molecular flexibility index (Phi) is 4.15. The zero-order valence-electron chi connectivity index (χ0n) is 9.36. The van der Waals surface area contributed by atoms with Gasteiger partial charge in [-0.2, -0.15) is 0 Å². The van der Waals surface area contributed by atoms with E-state index in [1.54, 1.807) is 0 Å². The van der Waals surface area contributed by atoms with Gasteiger partial charge in [-0.3, -0.25) is 4.79 Å². The van der Waals surface area contributed by atoms with E-state index in [1.807, 2.05) is 24.3 Å². The number of halogens is 1. The molecule has 1 saturated heterocycles. The maximum absolute atomic E-state index is 11.8. The van der Waals surface area contributed by atoms with Crippen LogP contribution in [0.3, 0.4) is 0 Å². The lowest BCUT2D eigenvalue weighted by Crippen LogP contribution is -2.40. The van der Waals surface area contributed by atoms with Crippen molar-refractivity contribution in [2.75, 3.05) is 13.2 Å². The number of amides is 1. The van der Waals surface area contributed by atoms with Gasteiger partial charge in [-0.1, -0.05) is 28.1 Å². The summed E-state index contributed by atoms with van der Waals surface area (Å²) in [5.41, 5.74) is 6.84. The van der Waals surface area contributed by atoms with E-state index in [4.69, 9.17) is 10.5 Å². The highest BCUT2D eigenvalue weighted by Gasteiger charge is 2.30. The van der Waals surface area contributed by atoms with Crippen molar-refractivity contribution < 1.29 is 9.53 Å². The van der Waals surface area contributed by atoms with Crippen LogP contribution in [-0.2, 0) is 16.1 Å². The molecule has 17 heavy (non-hydrogen) atoms. The average molecular weight is 299 g/mol. The Morgan fingerprint density at radius 2 is 2.35 bits per heavy atom. The fourth-order valence-corrected chi connectivity index (χ4v) is 2.25. The van der Waals surface area contributed by atoms with Gasteiger partial charge in [-0.05, 0) is 17.7 Å². The van der Waals surface area contributed by atoms with E-state index in [9.17, 15) is 4.79 Å². The van der Waals surface area contributed by atoms with Gasteiger partial charge in [0.2, 0.25) is 5.91 Å². The molecule has 1 fully saturated rings. The van der Waals surface area contributed by atoms with Crippen molar-refractivity contribution in [3.8, 4) is 0 Å². The summed E-state index contributed by atoms with van der Waals surface area (Å²) in [7, 11) is 0. The van der Waals surface area contributed by atoms with Gasteiger partial charge in [0.25, 0.3) is 0 Å². The van der Waals surface area contributed by atoms with E-state index in [2.05, 4.69) is 21.2 Å². The van der Waals surface area contributed by atoms with Crippen LogP contribution in [0.4, 0.5) is 0 Å². The molecule has 1 aliphatic heterocycles. The van der Waals surface area contributed by atoms with Crippen LogP contribution in [0.1, 0.15) is 5.56 Å². The van der Waals surface area contributed by atoms with Gasteiger partial charge >= 0.3 is 0 Å². The van der Waals surface area contributed by atoms with E-state index in [0.717, 1.165) is 10.0 Å². The number of carbonyl (C=O) groups excluding carboxylic acids is 1. The van der Waals surface area contributed by atoms with Crippen LogP contribution in [0.5, 0.6) is 0 Å². The summed E-state index contributed by atoms with van der Waals surface area (Å²) in [6.07, 6.45) is 0. The molecule has 92 valence electrons. The first-order valence-electron chi connectivity index (χ1n) is 5.52. The number of hydrogen-bond acceptors (Lipinski definition) is 3. The third-order valence-electron chi connectivity index (χ3n) is 2.82. The summed E-state index contributed by atoms with van der Waals surface area (Å²) in [5, 5.41) is 2.88. The third kappa shape index (κ3) is 3.28. The molecule has 4 nitrogen and oxygen atoms in total. The molecule has 0 saturated carbocycles. The Hall–Kier alpha value is -0.910. The maximum atomic E-state index is 11.8. The second-order valence-corrected chi connectivity index (χ2v) is 5.07. The highest BCUT2D eigenvalue weighted by Crippen LogP contribution is 2.13. The van der Waals surface area contributed by atoms with Crippen LogP contribution < -0.4 is 11.1 Å². The van der Waals surface area contributed by atoms with Crippen molar-refractivity contribution in [1.29, 1.82) is 0 Å². The normalized spacial score (nSPS) is 23.6. The fraction of sp³-hybridized carbons (Fsp3) is 0.417.